The molecule has 0 saturated carbocycles. The van der Waals surface area contributed by atoms with Gasteiger partial charge in [-0.2, -0.15) is 0 Å². The van der Waals surface area contributed by atoms with Gasteiger partial charge in [-0.1, -0.05) is 42.5 Å². The molecule has 3 aromatic rings. The van der Waals surface area contributed by atoms with Crippen LogP contribution in [0.3, 0.4) is 0 Å². The predicted molar refractivity (Wildman–Crippen MR) is 74.9 cm³/mol. The molecule has 98 valence electrons. The van der Waals surface area contributed by atoms with E-state index < -0.39 is 0 Å². The van der Waals surface area contributed by atoms with Crippen molar-refractivity contribution in [3.8, 4) is 22.5 Å². The quantitative estimate of drug-likeness (QED) is 0.650. The van der Waals surface area contributed by atoms with Gasteiger partial charge in [-0.05, 0) is 23.8 Å². The number of furan rings is 1. The summed E-state index contributed by atoms with van der Waals surface area (Å²) in [4.78, 5) is 10.9. The Balaban J connectivity index is 2.17. The van der Waals surface area contributed by atoms with E-state index in [-0.39, 0.29) is 11.6 Å². The minimum Gasteiger partial charge on any atom is -0.453 e. The Morgan fingerprint density at radius 2 is 1.60 bits per heavy atom. The van der Waals surface area contributed by atoms with Crippen LogP contribution in [-0.4, -0.2) is 6.29 Å². The fourth-order valence-corrected chi connectivity index (χ4v) is 2.12. The Morgan fingerprint density at radius 3 is 2.25 bits per heavy atom. The molecule has 3 rings (SSSR count). The van der Waals surface area contributed by atoms with Crippen LogP contribution < -0.4 is 0 Å². The molecule has 0 saturated heterocycles. The standard InChI is InChI=1S/C17H11FO2/c18-14-8-6-12(7-9-14)16-10-15(11-19)20-17(16)13-4-2-1-3-5-13/h1-11H. The Labute approximate surface area is 115 Å². The van der Waals surface area contributed by atoms with Gasteiger partial charge in [-0.25, -0.2) is 4.39 Å². The highest BCUT2D eigenvalue weighted by atomic mass is 19.1. The highest BCUT2D eigenvalue weighted by Gasteiger charge is 2.14. The summed E-state index contributed by atoms with van der Waals surface area (Å²) in [5.41, 5.74) is 2.46. The van der Waals surface area contributed by atoms with Crippen LogP contribution in [0, 0.1) is 5.82 Å². The van der Waals surface area contributed by atoms with Crippen LogP contribution in [0.5, 0.6) is 0 Å². The minimum atomic E-state index is -0.297. The van der Waals surface area contributed by atoms with Crippen LogP contribution in [0.15, 0.2) is 65.1 Å². The number of aldehydes is 1. The zero-order chi connectivity index (χ0) is 13.9. The van der Waals surface area contributed by atoms with Crippen molar-refractivity contribution in [2.75, 3.05) is 0 Å². The van der Waals surface area contributed by atoms with Crippen LogP contribution in [0.2, 0.25) is 0 Å². The molecule has 0 bridgehead atoms. The van der Waals surface area contributed by atoms with E-state index >= 15 is 0 Å². The SMILES string of the molecule is O=Cc1cc(-c2ccc(F)cc2)c(-c2ccccc2)o1. The molecule has 20 heavy (non-hydrogen) atoms. The molecule has 0 atom stereocenters. The maximum Gasteiger partial charge on any atom is 0.185 e. The molecule has 0 fully saturated rings. The summed E-state index contributed by atoms with van der Waals surface area (Å²) in [5, 5.41) is 0. The van der Waals surface area contributed by atoms with Crippen molar-refractivity contribution in [1.82, 2.24) is 0 Å². The average molecular weight is 266 g/mol. The van der Waals surface area contributed by atoms with Gasteiger partial charge in [0.2, 0.25) is 0 Å². The van der Waals surface area contributed by atoms with E-state index in [0.29, 0.717) is 12.0 Å². The third kappa shape index (κ3) is 2.26. The summed E-state index contributed by atoms with van der Waals surface area (Å²) in [6, 6.07) is 17.3. The number of hydrogen-bond donors (Lipinski definition) is 0. The molecule has 1 aromatic heterocycles. The Kier molecular flexibility index (Phi) is 3.17. The van der Waals surface area contributed by atoms with Crippen molar-refractivity contribution in [3.63, 3.8) is 0 Å². The van der Waals surface area contributed by atoms with E-state index in [2.05, 4.69) is 0 Å². The molecule has 0 radical (unpaired) electrons. The van der Waals surface area contributed by atoms with Crippen molar-refractivity contribution < 1.29 is 13.6 Å². The normalized spacial score (nSPS) is 10.4. The molecular formula is C17H11FO2. The van der Waals surface area contributed by atoms with Crippen molar-refractivity contribution in [2.45, 2.75) is 0 Å². The molecule has 3 heteroatoms. The second-order valence-electron chi connectivity index (χ2n) is 4.38. The van der Waals surface area contributed by atoms with Gasteiger partial charge in [0.05, 0.1) is 0 Å². The summed E-state index contributed by atoms with van der Waals surface area (Å²) in [5.74, 6) is 0.566. The lowest BCUT2D eigenvalue weighted by atomic mass is 10.0. The van der Waals surface area contributed by atoms with Gasteiger partial charge < -0.3 is 4.42 Å². The van der Waals surface area contributed by atoms with E-state index in [9.17, 15) is 9.18 Å². The van der Waals surface area contributed by atoms with Crippen LogP contribution in [0.4, 0.5) is 4.39 Å². The number of carbonyl (C=O) groups excluding carboxylic acids is 1. The van der Waals surface area contributed by atoms with Gasteiger partial charge in [-0.3, -0.25) is 4.79 Å². The third-order valence-electron chi connectivity index (χ3n) is 3.06. The third-order valence-corrected chi connectivity index (χ3v) is 3.06. The highest BCUT2D eigenvalue weighted by molar-refractivity contribution is 5.85. The van der Waals surface area contributed by atoms with Gasteiger partial charge in [0.1, 0.15) is 11.6 Å². The molecule has 0 aliphatic rings. The van der Waals surface area contributed by atoms with Crippen LogP contribution in [0.25, 0.3) is 22.5 Å². The van der Waals surface area contributed by atoms with Gasteiger partial charge in [0, 0.05) is 11.1 Å². The molecular weight excluding hydrogens is 255 g/mol. The fourth-order valence-electron chi connectivity index (χ4n) is 2.12. The first-order chi connectivity index (χ1) is 9.78. The maximum absolute atomic E-state index is 13.0. The zero-order valence-electron chi connectivity index (χ0n) is 10.5. The lowest BCUT2D eigenvalue weighted by molar-refractivity contribution is 0.110. The summed E-state index contributed by atoms with van der Waals surface area (Å²) < 4.78 is 18.6. The average Bonchev–Trinajstić information content (AvgIpc) is 2.93. The first-order valence-electron chi connectivity index (χ1n) is 6.18. The minimum absolute atomic E-state index is 0.253. The van der Waals surface area contributed by atoms with Crippen LogP contribution >= 0.6 is 0 Å². The van der Waals surface area contributed by atoms with E-state index in [1.807, 2.05) is 30.3 Å². The Morgan fingerprint density at radius 1 is 0.900 bits per heavy atom. The predicted octanol–water partition coefficient (Wildman–Crippen LogP) is 4.57. The van der Waals surface area contributed by atoms with Crippen LogP contribution in [0.1, 0.15) is 10.6 Å². The number of carbonyl (C=O) groups is 1. The molecule has 0 aliphatic heterocycles. The molecule has 0 amide bonds. The first-order valence-corrected chi connectivity index (χ1v) is 6.18. The molecule has 0 N–H and O–H groups in total. The summed E-state index contributed by atoms with van der Waals surface area (Å²) in [6.07, 6.45) is 0.666. The van der Waals surface area contributed by atoms with Gasteiger partial charge in [-0.15, -0.1) is 0 Å². The molecule has 0 unspecified atom stereocenters. The highest BCUT2D eigenvalue weighted by Crippen LogP contribution is 2.34. The molecule has 0 aliphatic carbocycles. The van der Waals surface area contributed by atoms with E-state index in [0.717, 1.165) is 16.7 Å². The molecule has 2 aromatic carbocycles. The molecule has 1 heterocycles. The van der Waals surface area contributed by atoms with Crippen molar-refractivity contribution in [3.05, 3.63) is 72.2 Å². The van der Waals surface area contributed by atoms with Crippen molar-refractivity contribution >= 4 is 6.29 Å². The Hall–Kier alpha value is -2.68. The zero-order valence-corrected chi connectivity index (χ0v) is 10.5. The van der Waals surface area contributed by atoms with Crippen LogP contribution in [-0.2, 0) is 0 Å². The summed E-state index contributed by atoms with van der Waals surface area (Å²) in [6.45, 7) is 0. The van der Waals surface area contributed by atoms with Crippen molar-refractivity contribution in [2.24, 2.45) is 0 Å². The van der Waals surface area contributed by atoms with Gasteiger partial charge >= 0.3 is 0 Å². The molecule has 0 spiro atoms. The first kappa shape index (κ1) is 12.4. The number of rotatable bonds is 3. The maximum atomic E-state index is 13.0. The van der Waals surface area contributed by atoms with E-state index in [1.165, 1.54) is 12.1 Å². The topological polar surface area (TPSA) is 30.2 Å². The second kappa shape index (κ2) is 5.13. The smallest absolute Gasteiger partial charge is 0.185 e. The van der Waals surface area contributed by atoms with Gasteiger partial charge in [0.15, 0.2) is 12.0 Å². The van der Waals surface area contributed by atoms with E-state index in [1.54, 1.807) is 18.2 Å². The van der Waals surface area contributed by atoms with Gasteiger partial charge in [0.25, 0.3) is 0 Å². The molecule has 2 nitrogen and oxygen atoms in total. The number of hydrogen-bond acceptors (Lipinski definition) is 2. The number of halogens is 1. The Bertz CT molecular complexity index is 727. The lowest BCUT2D eigenvalue weighted by Crippen LogP contribution is -1.80. The number of benzene rings is 2. The lowest BCUT2D eigenvalue weighted by Gasteiger charge is -2.02. The van der Waals surface area contributed by atoms with E-state index in [4.69, 9.17) is 4.42 Å². The largest absolute Gasteiger partial charge is 0.453 e. The summed E-state index contributed by atoms with van der Waals surface area (Å²) in [7, 11) is 0. The monoisotopic (exact) mass is 266 g/mol. The second-order valence-corrected chi connectivity index (χ2v) is 4.38. The fraction of sp³-hybridized carbons (Fsp3) is 0. The summed E-state index contributed by atoms with van der Waals surface area (Å²) >= 11 is 0. The van der Waals surface area contributed by atoms with Crippen molar-refractivity contribution in [1.29, 1.82) is 0 Å².